The number of nitrogens with one attached hydrogen (secondary N) is 1. The van der Waals surface area contributed by atoms with Crippen LogP contribution in [0, 0.1) is 0 Å². The van der Waals surface area contributed by atoms with E-state index in [9.17, 15) is 15.0 Å². The van der Waals surface area contributed by atoms with Gasteiger partial charge < -0.3 is 25.0 Å². The van der Waals surface area contributed by atoms with Gasteiger partial charge in [0.2, 0.25) is 5.91 Å². The van der Waals surface area contributed by atoms with Gasteiger partial charge in [-0.15, -0.1) is 0 Å². The van der Waals surface area contributed by atoms with E-state index in [1.165, 1.54) is 161 Å². The van der Waals surface area contributed by atoms with Crippen LogP contribution in [0.3, 0.4) is 0 Å². The number of rotatable bonds is 45. The summed E-state index contributed by atoms with van der Waals surface area (Å²) in [5.41, 5.74) is 0. The minimum Gasteiger partial charge on any atom is -0.395 e. The van der Waals surface area contributed by atoms with Crippen molar-refractivity contribution in [1.82, 2.24) is 10.2 Å². The van der Waals surface area contributed by atoms with Crippen LogP contribution in [-0.4, -0.2) is 79.9 Å². The molecule has 7 nitrogen and oxygen atoms in total. The fourth-order valence-corrected chi connectivity index (χ4v) is 6.85. The quantitative estimate of drug-likeness (QED) is 0.0325. The zero-order valence-corrected chi connectivity index (χ0v) is 36.0. The van der Waals surface area contributed by atoms with E-state index in [0.717, 1.165) is 25.9 Å². The van der Waals surface area contributed by atoms with Crippen molar-refractivity contribution in [3.63, 3.8) is 0 Å². The van der Waals surface area contributed by atoms with Gasteiger partial charge >= 0.3 is 0 Å². The Hall–Kier alpha value is -1.25. The van der Waals surface area contributed by atoms with Crippen molar-refractivity contribution in [1.29, 1.82) is 0 Å². The SMILES string of the molecule is CCCCCCCC/C=C\CCCCCCCCOCCC(NC(=O)CCCN(CCO)CCO)OCCCCCCCC/C=C\CCCCCCCC. The molecular weight excluding hydrogens is 673 g/mol. The third-order valence-corrected chi connectivity index (χ3v) is 10.3. The normalized spacial score (nSPS) is 12.5. The second-order valence-electron chi connectivity index (χ2n) is 15.6. The van der Waals surface area contributed by atoms with Gasteiger partial charge in [0.05, 0.1) is 19.8 Å². The molecule has 1 unspecified atom stereocenters. The molecule has 7 heteroatoms. The molecule has 0 spiro atoms. The molecule has 0 saturated carbocycles. The Labute approximate surface area is 335 Å². The Balaban J connectivity index is 4.12. The molecule has 0 aromatic carbocycles. The Morgan fingerprint density at radius 2 is 0.926 bits per heavy atom. The first-order valence-corrected chi connectivity index (χ1v) is 23.4. The van der Waals surface area contributed by atoms with Crippen LogP contribution in [0.25, 0.3) is 0 Å². The lowest BCUT2D eigenvalue weighted by Crippen LogP contribution is -2.38. The van der Waals surface area contributed by atoms with Crippen molar-refractivity contribution in [3.8, 4) is 0 Å². The predicted molar refractivity (Wildman–Crippen MR) is 232 cm³/mol. The molecule has 0 aromatic rings. The summed E-state index contributed by atoms with van der Waals surface area (Å²) < 4.78 is 12.1. The van der Waals surface area contributed by atoms with Crippen molar-refractivity contribution < 1.29 is 24.5 Å². The largest absolute Gasteiger partial charge is 0.395 e. The standard InChI is InChI=1S/C47H92N2O5/c1-3-5-7-9-11-13-15-17-19-21-23-25-27-29-31-33-43-53-45-37-47(48-46(52)36-35-38-49(39-41-50)40-42-51)54-44-34-32-30-28-26-24-22-20-18-16-14-12-10-8-6-4-2/h17-20,47,50-51H,3-16,21-45H2,1-2H3,(H,48,52)/b19-17-,20-18-. The number of amides is 1. The Morgan fingerprint density at radius 3 is 1.37 bits per heavy atom. The van der Waals surface area contributed by atoms with E-state index in [2.05, 4.69) is 43.5 Å². The summed E-state index contributed by atoms with van der Waals surface area (Å²) in [6.45, 7) is 8.36. The lowest BCUT2D eigenvalue weighted by atomic mass is 10.1. The van der Waals surface area contributed by atoms with E-state index >= 15 is 0 Å². The minimum atomic E-state index is -0.327. The van der Waals surface area contributed by atoms with E-state index in [4.69, 9.17) is 9.47 Å². The van der Waals surface area contributed by atoms with Gasteiger partial charge in [0.25, 0.3) is 0 Å². The minimum absolute atomic E-state index is 0.0118. The third-order valence-electron chi connectivity index (χ3n) is 10.3. The molecule has 1 amide bonds. The zero-order valence-electron chi connectivity index (χ0n) is 36.0. The van der Waals surface area contributed by atoms with E-state index in [1.807, 2.05) is 4.90 Å². The van der Waals surface area contributed by atoms with Crippen molar-refractivity contribution in [2.75, 3.05) is 52.7 Å². The Bertz CT molecular complexity index is 786. The second kappa shape index (κ2) is 46.1. The molecule has 0 rings (SSSR count). The monoisotopic (exact) mass is 765 g/mol. The number of hydrogen-bond acceptors (Lipinski definition) is 6. The van der Waals surface area contributed by atoms with Gasteiger partial charge in [-0.2, -0.15) is 0 Å². The lowest BCUT2D eigenvalue weighted by Gasteiger charge is -2.21. The average molecular weight is 765 g/mol. The van der Waals surface area contributed by atoms with Crippen molar-refractivity contribution >= 4 is 5.91 Å². The van der Waals surface area contributed by atoms with E-state index in [-0.39, 0.29) is 25.3 Å². The number of allylic oxidation sites excluding steroid dienone is 4. The number of unbranched alkanes of at least 4 members (excludes halogenated alkanes) is 24. The first-order chi connectivity index (χ1) is 26.7. The Kier molecular flexibility index (Phi) is 45.1. The van der Waals surface area contributed by atoms with Crippen LogP contribution < -0.4 is 5.32 Å². The number of aliphatic hydroxyl groups is 2. The van der Waals surface area contributed by atoms with Crippen LogP contribution in [0.2, 0.25) is 0 Å². The number of aliphatic hydroxyl groups excluding tert-OH is 2. The number of hydrogen-bond donors (Lipinski definition) is 3. The fourth-order valence-electron chi connectivity index (χ4n) is 6.85. The molecule has 0 aliphatic heterocycles. The number of ether oxygens (including phenoxy) is 2. The van der Waals surface area contributed by atoms with E-state index < -0.39 is 0 Å². The first kappa shape index (κ1) is 52.8. The highest BCUT2D eigenvalue weighted by molar-refractivity contribution is 5.76. The number of nitrogens with zero attached hydrogens (tertiary/aromatic N) is 1. The van der Waals surface area contributed by atoms with Crippen LogP contribution in [0.1, 0.15) is 213 Å². The summed E-state index contributed by atoms with van der Waals surface area (Å²) in [7, 11) is 0. The van der Waals surface area contributed by atoms with E-state index in [1.54, 1.807) is 0 Å². The van der Waals surface area contributed by atoms with E-state index in [0.29, 0.717) is 52.1 Å². The average Bonchev–Trinajstić information content (AvgIpc) is 3.17. The van der Waals surface area contributed by atoms with Crippen LogP contribution in [-0.2, 0) is 14.3 Å². The maximum Gasteiger partial charge on any atom is 0.222 e. The van der Waals surface area contributed by atoms with Gasteiger partial charge in [0.1, 0.15) is 6.23 Å². The van der Waals surface area contributed by atoms with Gasteiger partial charge in [0.15, 0.2) is 0 Å². The number of carbonyl (C=O) groups is 1. The summed E-state index contributed by atoms with van der Waals surface area (Å²) in [5.74, 6) is -0.0118. The molecule has 0 bridgehead atoms. The van der Waals surface area contributed by atoms with Gasteiger partial charge in [-0.1, -0.05) is 154 Å². The molecule has 54 heavy (non-hydrogen) atoms. The first-order valence-electron chi connectivity index (χ1n) is 23.4. The lowest BCUT2D eigenvalue weighted by molar-refractivity contribution is -0.126. The van der Waals surface area contributed by atoms with Gasteiger partial charge in [0, 0.05) is 39.1 Å². The van der Waals surface area contributed by atoms with Crippen LogP contribution in [0.15, 0.2) is 24.3 Å². The molecule has 0 fully saturated rings. The molecule has 1 atom stereocenters. The molecule has 0 heterocycles. The molecule has 3 N–H and O–H groups in total. The smallest absolute Gasteiger partial charge is 0.222 e. The Morgan fingerprint density at radius 1 is 0.519 bits per heavy atom. The molecule has 0 aliphatic carbocycles. The molecule has 0 aromatic heterocycles. The predicted octanol–water partition coefficient (Wildman–Crippen LogP) is 12.0. The van der Waals surface area contributed by atoms with Crippen molar-refractivity contribution in [3.05, 3.63) is 24.3 Å². The molecule has 0 radical (unpaired) electrons. The highest BCUT2D eigenvalue weighted by atomic mass is 16.5. The van der Waals surface area contributed by atoms with Gasteiger partial charge in [-0.25, -0.2) is 0 Å². The highest BCUT2D eigenvalue weighted by Gasteiger charge is 2.14. The van der Waals surface area contributed by atoms with Crippen LogP contribution >= 0.6 is 0 Å². The topological polar surface area (TPSA) is 91.3 Å². The molecule has 320 valence electrons. The maximum atomic E-state index is 12.8. The maximum absolute atomic E-state index is 12.8. The third kappa shape index (κ3) is 41.9. The summed E-state index contributed by atoms with van der Waals surface area (Å²) >= 11 is 0. The molecule has 0 saturated heterocycles. The second-order valence-corrected chi connectivity index (χ2v) is 15.6. The summed E-state index contributed by atoms with van der Waals surface area (Å²) in [4.78, 5) is 14.8. The fraction of sp³-hybridized carbons (Fsp3) is 0.894. The molecular formula is C47H92N2O5. The number of carbonyl (C=O) groups excluding carboxylic acids is 1. The van der Waals surface area contributed by atoms with Gasteiger partial charge in [-0.3, -0.25) is 9.69 Å². The highest BCUT2D eigenvalue weighted by Crippen LogP contribution is 2.12. The summed E-state index contributed by atoms with van der Waals surface area (Å²) in [5, 5.41) is 21.6. The zero-order chi connectivity index (χ0) is 39.3. The van der Waals surface area contributed by atoms with Gasteiger partial charge in [-0.05, 0) is 77.2 Å². The van der Waals surface area contributed by atoms with Crippen molar-refractivity contribution in [2.45, 2.75) is 219 Å². The summed E-state index contributed by atoms with van der Waals surface area (Å²) in [6, 6.07) is 0. The van der Waals surface area contributed by atoms with Crippen molar-refractivity contribution in [2.24, 2.45) is 0 Å². The molecule has 0 aliphatic rings. The van der Waals surface area contributed by atoms with Crippen LogP contribution in [0.5, 0.6) is 0 Å². The van der Waals surface area contributed by atoms with Crippen LogP contribution in [0.4, 0.5) is 0 Å². The summed E-state index contributed by atoms with van der Waals surface area (Å²) in [6.07, 6.45) is 47.1.